The van der Waals surface area contributed by atoms with Crippen molar-refractivity contribution in [1.82, 2.24) is 15.1 Å². The zero-order chi connectivity index (χ0) is 13.4. The molecule has 0 saturated carbocycles. The summed E-state index contributed by atoms with van der Waals surface area (Å²) in [7, 11) is 0. The Bertz CT molecular complexity index is 198. The normalized spacial score (nSPS) is 20.5. The lowest BCUT2D eigenvalue weighted by atomic mass is 10.1. The van der Waals surface area contributed by atoms with Gasteiger partial charge in [-0.05, 0) is 25.4 Å². The Hall–Kier alpha value is -0.120. The van der Waals surface area contributed by atoms with Crippen LogP contribution in [0.3, 0.4) is 0 Å². The van der Waals surface area contributed by atoms with Gasteiger partial charge in [-0.15, -0.1) is 0 Å². The zero-order valence-corrected chi connectivity index (χ0v) is 12.9. The molecule has 0 aromatic rings. The van der Waals surface area contributed by atoms with E-state index in [1.165, 1.54) is 45.6 Å². The highest BCUT2D eigenvalue weighted by molar-refractivity contribution is 4.79. The van der Waals surface area contributed by atoms with Crippen molar-refractivity contribution in [3.63, 3.8) is 0 Å². The van der Waals surface area contributed by atoms with Gasteiger partial charge in [0.05, 0.1) is 0 Å². The number of piperazine rings is 1. The molecule has 0 aliphatic carbocycles. The lowest BCUT2D eigenvalue weighted by Gasteiger charge is -2.39. The van der Waals surface area contributed by atoms with Gasteiger partial charge in [0.25, 0.3) is 0 Å². The second-order valence-corrected chi connectivity index (χ2v) is 5.96. The Kier molecular flexibility index (Phi) is 7.87. The van der Waals surface area contributed by atoms with Crippen LogP contribution in [0.2, 0.25) is 0 Å². The molecule has 1 N–H and O–H groups in total. The Balaban J connectivity index is 2.32. The van der Waals surface area contributed by atoms with E-state index in [1.54, 1.807) is 0 Å². The zero-order valence-electron chi connectivity index (χ0n) is 12.9. The lowest BCUT2D eigenvalue weighted by molar-refractivity contribution is 0.0938. The summed E-state index contributed by atoms with van der Waals surface area (Å²) in [4.78, 5) is 5.25. The first kappa shape index (κ1) is 15.9. The van der Waals surface area contributed by atoms with E-state index in [4.69, 9.17) is 0 Å². The first-order valence-corrected chi connectivity index (χ1v) is 7.84. The minimum absolute atomic E-state index is 0.743. The topological polar surface area (TPSA) is 18.5 Å². The van der Waals surface area contributed by atoms with Gasteiger partial charge in [-0.25, -0.2) is 0 Å². The maximum atomic E-state index is 3.64. The second-order valence-electron chi connectivity index (χ2n) is 5.96. The summed E-state index contributed by atoms with van der Waals surface area (Å²) in [6.45, 7) is 17.7. The molecule has 1 heterocycles. The molecule has 1 atom stereocenters. The Labute approximate surface area is 114 Å². The van der Waals surface area contributed by atoms with Crippen LogP contribution in [0, 0.1) is 5.92 Å². The van der Waals surface area contributed by atoms with Crippen LogP contribution in [0.5, 0.6) is 0 Å². The van der Waals surface area contributed by atoms with Crippen molar-refractivity contribution >= 4 is 0 Å². The predicted molar refractivity (Wildman–Crippen MR) is 80.1 cm³/mol. The van der Waals surface area contributed by atoms with E-state index in [0.717, 1.165) is 25.0 Å². The molecule has 1 aliphatic rings. The highest BCUT2D eigenvalue weighted by Gasteiger charge is 2.22. The predicted octanol–water partition coefficient (Wildman–Crippen LogP) is 2.04. The highest BCUT2D eigenvalue weighted by atomic mass is 15.3. The summed E-state index contributed by atoms with van der Waals surface area (Å²) in [5.74, 6) is 0.754. The summed E-state index contributed by atoms with van der Waals surface area (Å²) < 4.78 is 0. The molecule has 0 aromatic carbocycles. The second kappa shape index (κ2) is 8.89. The average molecular weight is 255 g/mol. The van der Waals surface area contributed by atoms with Gasteiger partial charge in [0.15, 0.2) is 0 Å². The van der Waals surface area contributed by atoms with Gasteiger partial charge in [0.2, 0.25) is 0 Å². The minimum Gasteiger partial charge on any atom is -0.315 e. The SMILES string of the molecule is CCCC(CNCC(C)C)N1CCN(CC)CC1. The van der Waals surface area contributed by atoms with Gasteiger partial charge >= 0.3 is 0 Å². The van der Waals surface area contributed by atoms with Crippen molar-refractivity contribution in [3.8, 4) is 0 Å². The van der Waals surface area contributed by atoms with E-state index < -0.39 is 0 Å². The van der Waals surface area contributed by atoms with Crippen molar-refractivity contribution < 1.29 is 0 Å². The summed E-state index contributed by atoms with van der Waals surface area (Å²) in [5.41, 5.74) is 0. The summed E-state index contributed by atoms with van der Waals surface area (Å²) in [6.07, 6.45) is 2.62. The van der Waals surface area contributed by atoms with Gasteiger partial charge in [-0.3, -0.25) is 4.90 Å². The number of likely N-dealkylation sites (N-methyl/N-ethyl adjacent to an activating group) is 1. The first-order chi connectivity index (χ1) is 8.67. The number of hydrogen-bond acceptors (Lipinski definition) is 3. The molecule has 0 amide bonds. The van der Waals surface area contributed by atoms with E-state index in [9.17, 15) is 0 Å². The van der Waals surface area contributed by atoms with E-state index in [0.29, 0.717) is 0 Å². The molecule has 1 unspecified atom stereocenters. The standard InChI is InChI=1S/C15H33N3/c1-5-7-15(13-16-12-14(3)4)18-10-8-17(6-2)9-11-18/h14-16H,5-13H2,1-4H3. The first-order valence-electron chi connectivity index (χ1n) is 7.84. The maximum Gasteiger partial charge on any atom is 0.0221 e. The molecule has 1 fully saturated rings. The summed E-state index contributed by atoms with van der Waals surface area (Å²) in [5, 5.41) is 3.64. The molecular weight excluding hydrogens is 222 g/mol. The van der Waals surface area contributed by atoms with Gasteiger partial charge < -0.3 is 10.2 Å². The van der Waals surface area contributed by atoms with Crippen LogP contribution < -0.4 is 5.32 Å². The van der Waals surface area contributed by atoms with Crippen LogP contribution in [0.4, 0.5) is 0 Å². The van der Waals surface area contributed by atoms with Gasteiger partial charge in [0.1, 0.15) is 0 Å². The van der Waals surface area contributed by atoms with Crippen LogP contribution in [-0.2, 0) is 0 Å². The summed E-state index contributed by atoms with van der Waals surface area (Å²) in [6, 6.07) is 0.743. The molecule has 1 rings (SSSR count). The number of rotatable bonds is 8. The fraction of sp³-hybridized carbons (Fsp3) is 1.00. The monoisotopic (exact) mass is 255 g/mol. The third-order valence-electron chi connectivity index (χ3n) is 3.92. The smallest absolute Gasteiger partial charge is 0.0221 e. The number of nitrogens with zero attached hydrogens (tertiary/aromatic N) is 2. The fourth-order valence-electron chi connectivity index (χ4n) is 2.73. The van der Waals surface area contributed by atoms with E-state index in [2.05, 4.69) is 42.8 Å². The van der Waals surface area contributed by atoms with E-state index in [-0.39, 0.29) is 0 Å². The van der Waals surface area contributed by atoms with Crippen molar-refractivity contribution in [2.45, 2.75) is 46.6 Å². The highest BCUT2D eigenvalue weighted by Crippen LogP contribution is 2.10. The average Bonchev–Trinajstić information content (AvgIpc) is 2.37. The van der Waals surface area contributed by atoms with Gasteiger partial charge in [-0.2, -0.15) is 0 Å². The van der Waals surface area contributed by atoms with Crippen molar-refractivity contribution in [2.24, 2.45) is 5.92 Å². The molecule has 18 heavy (non-hydrogen) atoms. The molecule has 3 nitrogen and oxygen atoms in total. The largest absolute Gasteiger partial charge is 0.315 e. The number of hydrogen-bond donors (Lipinski definition) is 1. The van der Waals surface area contributed by atoms with E-state index in [1.807, 2.05) is 0 Å². The van der Waals surface area contributed by atoms with Crippen molar-refractivity contribution in [3.05, 3.63) is 0 Å². The van der Waals surface area contributed by atoms with Crippen LogP contribution in [0.1, 0.15) is 40.5 Å². The Morgan fingerprint density at radius 1 is 1.00 bits per heavy atom. The molecular formula is C15H33N3. The molecule has 0 radical (unpaired) electrons. The molecule has 1 aliphatic heterocycles. The van der Waals surface area contributed by atoms with Crippen LogP contribution >= 0.6 is 0 Å². The Morgan fingerprint density at radius 2 is 1.67 bits per heavy atom. The maximum absolute atomic E-state index is 3.64. The lowest BCUT2D eigenvalue weighted by Crippen LogP contribution is -2.52. The van der Waals surface area contributed by atoms with Crippen molar-refractivity contribution in [1.29, 1.82) is 0 Å². The molecule has 0 bridgehead atoms. The molecule has 108 valence electrons. The van der Waals surface area contributed by atoms with Crippen LogP contribution in [-0.4, -0.2) is 61.7 Å². The van der Waals surface area contributed by atoms with Crippen LogP contribution in [0.15, 0.2) is 0 Å². The van der Waals surface area contributed by atoms with Crippen LogP contribution in [0.25, 0.3) is 0 Å². The minimum atomic E-state index is 0.743. The van der Waals surface area contributed by atoms with Gasteiger partial charge in [-0.1, -0.05) is 34.1 Å². The van der Waals surface area contributed by atoms with Crippen molar-refractivity contribution in [2.75, 3.05) is 45.8 Å². The Morgan fingerprint density at radius 3 is 2.17 bits per heavy atom. The molecule has 0 aromatic heterocycles. The number of nitrogens with one attached hydrogen (secondary N) is 1. The third-order valence-corrected chi connectivity index (χ3v) is 3.92. The fourth-order valence-corrected chi connectivity index (χ4v) is 2.73. The third kappa shape index (κ3) is 5.68. The molecule has 0 spiro atoms. The van der Waals surface area contributed by atoms with Gasteiger partial charge in [0, 0.05) is 38.8 Å². The molecule has 3 heteroatoms. The quantitative estimate of drug-likeness (QED) is 0.716. The molecule has 1 saturated heterocycles. The van der Waals surface area contributed by atoms with E-state index >= 15 is 0 Å². The summed E-state index contributed by atoms with van der Waals surface area (Å²) >= 11 is 0.